The molecule has 0 spiro atoms. The highest BCUT2D eigenvalue weighted by molar-refractivity contribution is 14.0. The first-order chi connectivity index (χ1) is 11.3. The maximum atomic E-state index is 5.65. The van der Waals surface area contributed by atoms with Crippen molar-refractivity contribution in [3.05, 3.63) is 57.8 Å². The lowest BCUT2D eigenvalue weighted by Gasteiger charge is -2.11. The molecule has 1 heterocycles. The first-order valence-electron chi connectivity index (χ1n) is 7.95. The molecule has 0 amide bonds. The van der Waals surface area contributed by atoms with Crippen LogP contribution < -0.4 is 10.6 Å². The van der Waals surface area contributed by atoms with Gasteiger partial charge in [0, 0.05) is 23.3 Å². The van der Waals surface area contributed by atoms with Crippen molar-refractivity contribution >= 4 is 41.3 Å². The number of aliphatic imine (C=N–C) groups is 1. The fourth-order valence-corrected chi connectivity index (χ4v) is 3.00. The van der Waals surface area contributed by atoms with Crippen LogP contribution in [0.5, 0.6) is 0 Å². The highest BCUT2D eigenvalue weighted by Gasteiger charge is 2.01. The summed E-state index contributed by atoms with van der Waals surface area (Å²) < 4.78 is 5.65. The van der Waals surface area contributed by atoms with Crippen LogP contribution in [0.1, 0.15) is 22.2 Å². The third kappa shape index (κ3) is 7.63. The standard InChI is InChI=1S/C18H25N3OS.HI/c1-3-16-9-10-17(23-16)13-21-18(19-2)20-11-12-22-14-15-7-5-4-6-8-15;/h4-10H,3,11-14H2,1-2H3,(H2,19,20,21);1H. The Balaban J connectivity index is 0.00000288. The Morgan fingerprint density at radius 1 is 1.08 bits per heavy atom. The monoisotopic (exact) mass is 459 g/mol. The number of ether oxygens (including phenoxy) is 1. The number of hydrogen-bond acceptors (Lipinski definition) is 3. The van der Waals surface area contributed by atoms with Crippen molar-refractivity contribution in [1.29, 1.82) is 0 Å². The van der Waals surface area contributed by atoms with Crippen LogP contribution in [0.2, 0.25) is 0 Å². The fourth-order valence-electron chi connectivity index (χ4n) is 2.10. The summed E-state index contributed by atoms with van der Waals surface area (Å²) in [5.41, 5.74) is 1.19. The van der Waals surface area contributed by atoms with Gasteiger partial charge >= 0.3 is 0 Å². The van der Waals surface area contributed by atoms with Gasteiger partial charge in [-0.1, -0.05) is 37.3 Å². The minimum atomic E-state index is 0. The lowest BCUT2D eigenvalue weighted by atomic mass is 10.2. The predicted octanol–water partition coefficient (Wildman–Crippen LogP) is 3.81. The lowest BCUT2D eigenvalue weighted by Crippen LogP contribution is -2.38. The molecule has 4 nitrogen and oxygen atoms in total. The number of hydrogen-bond donors (Lipinski definition) is 2. The van der Waals surface area contributed by atoms with Crippen molar-refractivity contribution in [2.24, 2.45) is 4.99 Å². The number of halogens is 1. The Labute approximate surface area is 165 Å². The number of nitrogens with zero attached hydrogens (tertiary/aromatic N) is 1. The summed E-state index contributed by atoms with van der Waals surface area (Å²) in [6, 6.07) is 14.6. The smallest absolute Gasteiger partial charge is 0.191 e. The molecule has 1 aromatic carbocycles. The number of guanidine groups is 1. The van der Waals surface area contributed by atoms with Crippen molar-refractivity contribution in [3.8, 4) is 0 Å². The van der Waals surface area contributed by atoms with Gasteiger partial charge in [0.2, 0.25) is 0 Å². The lowest BCUT2D eigenvalue weighted by molar-refractivity contribution is 0.125. The van der Waals surface area contributed by atoms with Gasteiger partial charge in [0.1, 0.15) is 0 Å². The van der Waals surface area contributed by atoms with Crippen LogP contribution in [-0.4, -0.2) is 26.2 Å². The molecule has 6 heteroatoms. The van der Waals surface area contributed by atoms with E-state index in [1.165, 1.54) is 15.3 Å². The molecular formula is C18H26IN3OS. The van der Waals surface area contributed by atoms with Crippen LogP contribution in [-0.2, 0) is 24.3 Å². The van der Waals surface area contributed by atoms with E-state index < -0.39 is 0 Å². The molecule has 0 saturated heterocycles. The van der Waals surface area contributed by atoms with Crippen molar-refractivity contribution in [2.45, 2.75) is 26.5 Å². The Morgan fingerprint density at radius 3 is 2.50 bits per heavy atom. The van der Waals surface area contributed by atoms with Crippen LogP contribution in [0, 0.1) is 0 Å². The maximum Gasteiger partial charge on any atom is 0.191 e. The molecule has 0 bridgehead atoms. The van der Waals surface area contributed by atoms with E-state index in [1.54, 1.807) is 7.05 Å². The fraction of sp³-hybridized carbons (Fsp3) is 0.389. The number of nitrogens with one attached hydrogen (secondary N) is 2. The van der Waals surface area contributed by atoms with E-state index in [0.717, 1.165) is 25.5 Å². The Bertz CT molecular complexity index is 601. The molecule has 24 heavy (non-hydrogen) atoms. The highest BCUT2D eigenvalue weighted by atomic mass is 127. The zero-order valence-corrected chi connectivity index (χ0v) is 17.4. The molecule has 0 saturated carbocycles. The molecular weight excluding hydrogens is 433 g/mol. The molecule has 0 aliphatic carbocycles. The largest absolute Gasteiger partial charge is 0.375 e. The molecule has 0 atom stereocenters. The van der Waals surface area contributed by atoms with E-state index in [2.05, 4.69) is 46.8 Å². The zero-order chi connectivity index (χ0) is 16.3. The van der Waals surface area contributed by atoms with E-state index in [9.17, 15) is 0 Å². The SMILES string of the molecule is CCc1ccc(CNC(=NC)NCCOCc2ccccc2)s1.I. The van der Waals surface area contributed by atoms with E-state index in [4.69, 9.17) is 4.74 Å². The summed E-state index contributed by atoms with van der Waals surface area (Å²) in [7, 11) is 1.78. The predicted molar refractivity (Wildman–Crippen MR) is 113 cm³/mol. The molecule has 2 aromatic rings. The van der Waals surface area contributed by atoms with E-state index in [0.29, 0.717) is 13.2 Å². The molecule has 0 unspecified atom stereocenters. The van der Waals surface area contributed by atoms with Crippen molar-refractivity contribution < 1.29 is 4.74 Å². The average molecular weight is 459 g/mol. The Morgan fingerprint density at radius 2 is 1.83 bits per heavy atom. The molecule has 0 aliphatic heterocycles. The normalized spacial score (nSPS) is 11.0. The van der Waals surface area contributed by atoms with Gasteiger partial charge in [0.25, 0.3) is 0 Å². The second-order valence-corrected chi connectivity index (χ2v) is 6.37. The molecule has 0 radical (unpaired) electrons. The third-order valence-electron chi connectivity index (χ3n) is 3.37. The number of aryl methyl sites for hydroxylation is 1. The first-order valence-corrected chi connectivity index (χ1v) is 8.77. The van der Waals surface area contributed by atoms with Crippen molar-refractivity contribution in [2.75, 3.05) is 20.2 Å². The average Bonchev–Trinajstić information content (AvgIpc) is 3.06. The summed E-state index contributed by atoms with van der Waals surface area (Å²) in [6.07, 6.45) is 1.09. The molecule has 1 aromatic heterocycles. The second-order valence-electron chi connectivity index (χ2n) is 5.11. The number of rotatable bonds is 8. The number of benzene rings is 1. The Kier molecular flexibility index (Phi) is 10.7. The summed E-state index contributed by atoms with van der Waals surface area (Å²) in [4.78, 5) is 6.97. The van der Waals surface area contributed by atoms with Gasteiger partial charge in [-0.05, 0) is 24.1 Å². The minimum absolute atomic E-state index is 0. The van der Waals surface area contributed by atoms with Gasteiger partial charge in [0.15, 0.2) is 5.96 Å². The van der Waals surface area contributed by atoms with Gasteiger partial charge < -0.3 is 15.4 Å². The van der Waals surface area contributed by atoms with Gasteiger partial charge in [-0.15, -0.1) is 35.3 Å². The van der Waals surface area contributed by atoms with Crippen LogP contribution >= 0.6 is 35.3 Å². The van der Waals surface area contributed by atoms with E-state index in [1.807, 2.05) is 29.5 Å². The Hall–Kier alpha value is -1.12. The summed E-state index contributed by atoms with van der Waals surface area (Å²) >= 11 is 1.84. The van der Waals surface area contributed by atoms with E-state index in [-0.39, 0.29) is 24.0 Å². The number of thiophene rings is 1. The zero-order valence-electron chi connectivity index (χ0n) is 14.2. The molecule has 2 N–H and O–H groups in total. The van der Waals surface area contributed by atoms with Crippen molar-refractivity contribution in [3.63, 3.8) is 0 Å². The molecule has 2 rings (SSSR count). The highest BCUT2D eigenvalue weighted by Crippen LogP contribution is 2.16. The minimum Gasteiger partial charge on any atom is -0.375 e. The molecule has 132 valence electrons. The third-order valence-corrected chi connectivity index (χ3v) is 4.60. The van der Waals surface area contributed by atoms with Crippen LogP contribution in [0.4, 0.5) is 0 Å². The van der Waals surface area contributed by atoms with Gasteiger partial charge in [-0.3, -0.25) is 4.99 Å². The van der Waals surface area contributed by atoms with Gasteiger partial charge in [0.05, 0.1) is 19.8 Å². The molecule has 0 fully saturated rings. The van der Waals surface area contributed by atoms with Gasteiger partial charge in [-0.25, -0.2) is 0 Å². The van der Waals surface area contributed by atoms with Crippen LogP contribution in [0.3, 0.4) is 0 Å². The van der Waals surface area contributed by atoms with Gasteiger partial charge in [-0.2, -0.15) is 0 Å². The summed E-state index contributed by atoms with van der Waals surface area (Å²) in [6.45, 7) is 5.00. The summed E-state index contributed by atoms with van der Waals surface area (Å²) in [5.74, 6) is 0.805. The van der Waals surface area contributed by atoms with Crippen LogP contribution in [0.15, 0.2) is 47.5 Å². The topological polar surface area (TPSA) is 45.7 Å². The quantitative estimate of drug-likeness (QED) is 0.273. The maximum absolute atomic E-state index is 5.65. The van der Waals surface area contributed by atoms with Crippen LogP contribution in [0.25, 0.3) is 0 Å². The first kappa shape index (κ1) is 20.9. The molecule has 0 aliphatic rings. The van der Waals surface area contributed by atoms with E-state index >= 15 is 0 Å². The second kappa shape index (κ2) is 12.3. The summed E-state index contributed by atoms with van der Waals surface area (Å²) in [5, 5.41) is 6.59. The van der Waals surface area contributed by atoms with Crippen molar-refractivity contribution in [1.82, 2.24) is 10.6 Å².